The molecule has 1 saturated heterocycles. The van der Waals surface area contributed by atoms with Gasteiger partial charge in [-0.3, -0.25) is 4.79 Å². The summed E-state index contributed by atoms with van der Waals surface area (Å²) in [7, 11) is 0. The first-order chi connectivity index (χ1) is 10.1. The van der Waals surface area contributed by atoms with E-state index in [4.69, 9.17) is 20.9 Å². The van der Waals surface area contributed by atoms with Crippen molar-refractivity contribution in [3.63, 3.8) is 0 Å². The third-order valence-corrected chi connectivity index (χ3v) is 3.55. The number of amides is 1. The van der Waals surface area contributed by atoms with Gasteiger partial charge in [-0.25, -0.2) is 0 Å². The summed E-state index contributed by atoms with van der Waals surface area (Å²) in [6.45, 7) is 2.96. The number of hydrogen-bond donors (Lipinski definition) is 0. The van der Waals surface area contributed by atoms with Crippen molar-refractivity contribution in [1.29, 1.82) is 0 Å². The molecule has 2 heterocycles. The van der Waals surface area contributed by atoms with Crippen molar-refractivity contribution >= 4 is 17.5 Å². The van der Waals surface area contributed by atoms with E-state index in [0.717, 1.165) is 0 Å². The average molecular weight is 308 g/mol. The minimum Gasteiger partial charge on any atom is -0.484 e. The van der Waals surface area contributed by atoms with E-state index in [2.05, 4.69) is 10.1 Å². The molecule has 0 radical (unpaired) electrons. The van der Waals surface area contributed by atoms with E-state index in [9.17, 15) is 4.79 Å². The summed E-state index contributed by atoms with van der Waals surface area (Å²) in [5.41, 5.74) is 0. The van der Waals surface area contributed by atoms with Crippen molar-refractivity contribution in [1.82, 2.24) is 15.0 Å². The maximum atomic E-state index is 12.0. The summed E-state index contributed by atoms with van der Waals surface area (Å²) >= 11 is 5.78. The monoisotopic (exact) mass is 307 g/mol. The first kappa shape index (κ1) is 13.9. The molecule has 2 aromatic rings. The van der Waals surface area contributed by atoms with Gasteiger partial charge in [-0.2, -0.15) is 4.98 Å². The Balaban J connectivity index is 1.46. The highest BCUT2D eigenvalue weighted by atomic mass is 35.5. The van der Waals surface area contributed by atoms with Gasteiger partial charge in [0.25, 0.3) is 5.91 Å². The fraction of sp³-hybridized carbons (Fsp3) is 0.357. The van der Waals surface area contributed by atoms with Crippen LogP contribution < -0.4 is 4.74 Å². The standard InChI is InChI=1S/C14H14ClN3O3/c1-9-16-14(21-17-9)10-6-18(7-10)13(19)8-20-12-4-2-11(15)3-5-12/h2-5,10H,6-8H2,1H3. The molecular weight excluding hydrogens is 294 g/mol. The lowest BCUT2D eigenvalue weighted by atomic mass is 10.0. The van der Waals surface area contributed by atoms with Crippen LogP contribution in [0.5, 0.6) is 5.75 Å². The average Bonchev–Trinajstić information content (AvgIpc) is 2.83. The summed E-state index contributed by atoms with van der Waals surface area (Å²) < 4.78 is 10.5. The number of likely N-dealkylation sites (tertiary alicyclic amines) is 1. The van der Waals surface area contributed by atoms with E-state index < -0.39 is 0 Å². The molecule has 0 N–H and O–H groups in total. The second kappa shape index (κ2) is 5.73. The first-order valence-electron chi connectivity index (χ1n) is 6.58. The number of carbonyl (C=O) groups is 1. The smallest absolute Gasteiger partial charge is 0.260 e. The highest BCUT2D eigenvalue weighted by molar-refractivity contribution is 6.30. The minimum atomic E-state index is -0.0579. The molecule has 3 rings (SSSR count). The summed E-state index contributed by atoms with van der Waals surface area (Å²) in [5, 5.41) is 4.38. The predicted molar refractivity (Wildman–Crippen MR) is 75.3 cm³/mol. The minimum absolute atomic E-state index is 0.0111. The Morgan fingerprint density at radius 1 is 1.43 bits per heavy atom. The van der Waals surface area contributed by atoms with Crippen molar-refractivity contribution in [2.45, 2.75) is 12.8 Å². The fourth-order valence-corrected chi connectivity index (χ4v) is 2.21. The number of benzene rings is 1. The lowest BCUT2D eigenvalue weighted by Gasteiger charge is -2.36. The van der Waals surface area contributed by atoms with Crippen molar-refractivity contribution in [2.75, 3.05) is 19.7 Å². The van der Waals surface area contributed by atoms with Gasteiger partial charge in [0.2, 0.25) is 5.89 Å². The van der Waals surface area contributed by atoms with Gasteiger partial charge < -0.3 is 14.2 Å². The molecular formula is C14H14ClN3O3. The van der Waals surface area contributed by atoms with Gasteiger partial charge in [0.1, 0.15) is 5.75 Å². The predicted octanol–water partition coefficient (Wildman–Crippen LogP) is 2.04. The number of carbonyl (C=O) groups excluding carboxylic acids is 1. The van der Waals surface area contributed by atoms with Gasteiger partial charge in [0.15, 0.2) is 12.4 Å². The molecule has 0 bridgehead atoms. The van der Waals surface area contributed by atoms with Crippen LogP contribution in [0.3, 0.4) is 0 Å². The number of rotatable bonds is 4. The summed E-state index contributed by atoms with van der Waals surface area (Å²) in [6.07, 6.45) is 0. The maximum Gasteiger partial charge on any atom is 0.260 e. The first-order valence-corrected chi connectivity index (χ1v) is 6.96. The van der Waals surface area contributed by atoms with Crippen LogP contribution in [-0.4, -0.2) is 40.6 Å². The van der Waals surface area contributed by atoms with Gasteiger partial charge in [-0.05, 0) is 31.2 Å². The van der Waals surface area contributed by atoms with E-state index in [1.807, 2.05) is 0 Å². The molecule has 1 aliphatic rings. The van der Waals surface area contributed by atoms with Crippen LogP contribution in [0.2, 0.25) is 5.02 Å². The van der Waals surface area contributed by atoms with Crippen molar-refractivity contribution in [3.05, 3.63) is 41.0 Å². The van der Waals surface area contributed by atoms with Gasteiger partial charge in [-0.15, -0.1) is 0 Å². The molecule has 0 aliphatic carbocycles. The molecule has 0 atom stereocenters. The highest BCUT2D eigenvalue weighted by Gasteiger charge is 2.35. The van der Waals surface area contributed by atoms with E-state index in [1.165, 1.54) is 0 Å². The number of halogens is 1. The number of ether oxygens (including phenoxy) is 1. The fourth-order valence-electron chi connectivity index (χ4n) is 2.08. The zero-order valence-electron chi connectivity index (χ0n) is 11.5. The van der Waals surface area contributed by atoms with Crippen LogP contribution in [0.15, 0.2) is 28.8 Å². The largest absolute Gasteiger partial charge is 0.484 e. The number of hydrogen-bond acceptors (Lipinski definition) is 5. The summed E-state index contributed by atoms with van der Waals surface area (Å²) in [4.78, 5) is 17.8. The van der Waals surface area contributed by atoms with Gasteiger partial charge in [0.05, 0.1) is 5.92 Å². The van der Waals surface area contributed by atoms with Crippen molar-refractivity contribution < 1.29 is 14.1 Å². The lowest BCUT2D eigenvalue weighted by molar-refractivity contribution is -0.138. The van der Waals surface area contributed by atoms with E-state index >= 15 is 0 Å². The summed E-state index contributed by atoms with van der Waals surface area (Å²) in [5.74, 6) is 1.90. The van der Waals surface area contributed by atoms with Crippen LogP contribution >= 0.6 is 11.6 Å². The second-order valence-corrected chi connectivity index (χ2v) is 5.35. The molecule has 0 spiro atoms. The maximum absolute atomic E-state index is 12.0. The molecule has 7 heteroatoms. The van der Waals surface area contributed by atoms with E-state index in [0.29, 0.717) is 35.6 Å². The van der Waals surface area contributed by atoms with Gasteiger partial charge in [-0.1, -0.05) is 16.8 Å². The Kier molecular flexibility index (Phi) is 3.79. The van der Waals surface area contributed by atoms with Gasteiger partial charge in [0, 0.05) is 18.1 Å². The third kappa shape index (κ3) is 3.16. The normalized spacial score (nSPS) is 14.9. The van der Waals surface area contributed by atoms with Crippen molar-refractivity contribution in [3.8, 4) is 5.75 Å². The lowest BCUT2D eigenvalue weighted by Crippen LogP contribution is -2.50. The molecule has 6 nitrogen and oxygen atoms in total. The Labute approximate surface area is 126 Å². The molecule has 110 valence electrons. The molecule has 1 amide bonds. The van der Waals surface area contributed by atoms with Crippen molar-refractivity contribution in [2.24, 2.45) is 0 Å². The number of nitrogens with zero attached hydrogens (tertiary/aromatic N) is 3. The highest BCUT2D eigenvalue weighted by Crippen LogP contribution is 2.25. The SMILES string of the molecule is Cc1noc(C2CN(C(=O)COc3ccc(Cl)cc3)C2)n1. The van der Waals surface area contributed by atoms with Crippen LogP contribution in [0.1, 0.15) is 17.6 Å². The van der Waals surface area contributed by atoms with Crippen LogP contribution in [0.4, 0.5) is 0 Å². The third-order valence-electron chi connectivity index (χ3n) is 3.30. The van der Waals surface area contributed by atoms with Gasteiger partial charge >= 0.3 is 0 Å². The van der Waals surface area contributed by atoms with Crippen LogP contribution in [0, 0.1) is 6.92 Å². The topological polar surface area (TPSA) is 68.5 Å². The van der Waals surface area contributed by atoms with E-state index in [-0.39, 0.29) is 18.4 Å². The Bertz CT molecular complexity index is 635. The number of aromatic nitrogens is 2. The quantitative estimate of drug-likeness (QED) is 0.864. The molecule has 21 heavy (non-hydrogen) atoms. The molecule has 0 saturated carbocycles. The molecule has 1 aliphatic heterocycles. The van der Waals surface area contributed by atoms with Crippen LogP contribution in [0.25, 0.3) is 0 Å². The van der Waals surface area contributed by atoms with E-state index in [1.54, 1.807) is 36.1 Å². The Morgan fingerprint density at radius 3 is 2.76 bits per heavy atom. The van der Waals surface area contributed by atoms with Crippen LogP contribution in [-0.2, 0) is 4.79 Å². The Morgan fingerprint density at radius 2 is 2.14 bits per heavy atom. The molecule has 1 aromatic heterocycles. The number of aryl methyl sites for hydroxylation is 1. The molecule has 0 unspecified atom stereocenters. The summed E-state index contributed by atoms with van der Waals surface area (Å²) in [6, 6.07) is 6.91. The second-order valence-electron chi connectivity index (χ2n) is 4.92. The molecule has 1 aromatic carbocycles. The molecule has 1 fully saturated rings. The zero-order chi connectivity index (χ0) is 14.8. The Hall–Kier alpha value is -2.08. The zero-order valence-corrected chi connectivity index (χ0v) is 12.2.